The number of halogens is 1. The first-order valence-electron chi connectivity index (χ1n) is 8.61. The molecule has 1 amide bonds. The molecule has 1 aliphatic heterocycles. The van der Waals surface area contributed by atoms with E-state index in [1.54, 1.807) is 30.0 Å². The van der Waals surface area contributed by atoms with Gasteiger partial charge in [-0.1, -0.05) is 32.3 Å². The fourth-order valence-electron chi connectivity index (χ4n) is 3.68. The summed E-state index contributed by atoms with van der Waals surface area (Å²) in [5, 5.41) is 0. The minimum absolute atomic E-state index is 0. The summed E-state index contributed by atoms with van der Waals surface area (Å²) in [7, 11) is -3.54. The number of carbonyl (C=O) groups excluding carboxylic acids is 1. The van der Waals surface area contributed by atoms with Crippen molar-refractivity contribution in [2.24, 2.45) is 5.73 Å². The van der Waals surface area contributed by atoms with Gasteiger partial charge in [0, 0.05) is 18.8 Å². The maximum Gasteiger partial charge on any atom is 0.247 e. The zero-order valence-corrected chi connectivity index (χ0v) is 16.1. The molecule has 140 valence electrons. The highest BCUT2D eigenvalue weighted by molar-refractivity contribution is 7.89. The molecule has 0 unspecified atom stereocenters. The Morgan fingerprint density at radius 1 is 1.28 bits per heavy atom. The topological polar surface area (TPSA) is 92.5 Å². The average molecular weight is 388 g/mol. The smallest absolute Gasteiger partial charge is 0.247 e. The number of nitrogens with one attached hydrogen (secondary N) is 1. The van der Waals surface area contributed by atoms with Crippen LogP contribution in [0, 0.1) is 0 Å². The van der Waals surface area contributed by atoms with Crippen molar-refractivity contribution in [3.63, 3.8) is 0 Å². The lowest BCUT2D eigenvalue weighted by molar-refractivity contribution is -0.124. The van der Waals surface area contributed by atoms with E-state index in [-0.39, 0.29) is 23.2 Å². The summed E-state index contributed by atoms with van der Waals surface area (Å²) in [5.41, 5.74) is 7.27. The predicted molar refractivity (Wildman–Crippen MR) is 101 cm³/mol. The number of benzene rings is 1. The van der Waals surface area contributed by atoms with Gasteiger partial charge in [0.2, 0.25) is 15.9 Å². The number of fused-ring (bicyclic) bond motifs is 1. The lowest BCUT2D eigenvalue weighted by Crippen LogP contribution is -2.56. The molecule has 25 heavy (non-hydrogen) atoms. The number of anilines is 1. The monoisotopic (exact) mass is 387 g/mol. The van der Waals surface area contributed by atoms with Gasteiger partial charge in [0.15, 0.2) is 0 Å². The van der Waals surface area contributed by atoms with E-state index in [4.69, 9.17) is 5.73 Å². The molecule has 8 heteroatoms. The minimum atomic E-state index is -3.54. The molecule has 2 aliphatic rings. The molecule has 1 heterocycles. The van der Waals surface area contributed by atoms with Crippen LogP contribution in [0.1, 0.15) is 44.6 Å². The zero-order chi connectivity index (χ0) is 17.4. The van der Waals surface area contributed by atoms with E-state index in [1.165, 1.54) is 0 Å². The largest absolute Gasteiger partial charge is 0.317 e. The number of sulfonamides is 1. The van der Waals surface area contributed by atoms with E-state index in [1.807, 2.05) is 0 Å². The molecule has 0 atom stereocenters. The Hall–Kier alpha value is -1.15. The molecule has 6 nitrogen and oxygen atoms in total. The molecule has 1 fully saturated rings. The van der Waals surface area contributed by atoms with E-state index in [0.717, 1.165) is 31.2 Å². The van der Waals surface area contributed by atoms with Gasteiger partial charge in [-0.05, 0) is 37.0 Å². The lowest BCUT2D eigenvalue weighted by atomic mass is 9.81. The van der Waals surface area contributed by atoms with Gasteiger partial charge in [0.05, 0.1) is 10.4 Å². The molecule has 1 aliphatic carbocycles. The molecular formula is C17H26ClN3O3S. The number of hydrogen-bond acceptors (Lipinski definition) is 4. The normalized spacial score (nSPS) is 19.2. The molecule has 0 bridgehead atoms. The third-order valence-corrected chi connectivity index (χ3v) is 6.56. The third kappa shape index (κ3) is 3.84. The van der Waals surface area contributed by atoms with Crippen LogP contribution in [0.3, 0.4) is 0 Å². The van der Waals surface area contributed by atoms with Gasteiger partial charge in [-0.25, -0.2) is 13.1 Å². The Bertz CT molecular complexity index is 746. The maximum absolute atomic E-state index is 13.0. The van der Waals surface area contributed by atoms with E-state index in [9.17, 15) is 13.2 Å². The van der Waals surface area contributed by atoms with Crippen LogP contribution in [0.2, 0.25) is 0 Å². The molecule has 0 aromatic heterocycles. The summed E-state index contributed by atoms with van der Waals surface area (Å²) in [6.45, 7) is 2.63. The molecule has 1 aromatic rings. The van der Waals surface area contributed by atoms with Crippen LogP contribution in [-0.4, -0.2) is 33.0 Å². The summed E-state index contributed by atoms with van der Waals surface area (Å²) >= 11 is 0. The van der Waals surface area contributed by atoms with E-state index < -0.39 is 15.6 Å². The number of amides is 1. The van der Waals surface area contributed by atoms with Gasteiger partial charge in [0.1, 0.15) is 0 Å². The second kappa shape index (κ2) is 7.61. The highest BCUT2D eigenvalue weighted by atomic mass is 35.5. The van der Waals surface area contributed by atoms with Crippen molar-refractivity contribution in [2.75, 3.05) is 18.0 Å². The van der Waals surface area contributed by atoms with Gasteiger partial charge in [-0.2, -0.15) is 0 Å². The SMILES string of the molecule is CCNS(=O)(=O)c1ccc2c(c1)N(C(=O)C1(N)CCCCC1)CC2.Cl. The van der Waals surface area contributed by atoms with Crippen LogP contribution in [0.5, 0.6) is 0 Å². The number of nitrogens with zero attached hydrogens (tertiary/aromatic N) is 1. The van der Waals surface area contributed by atoms with Gasteiger partial charge >= 0.3 is 0 Å². The van der Waals surface area contributed by atoms with Gasteiger partial charge in [0.25, 0.3) is 0 Å². The number of hydrogen-bond donors (Lipinski definition) is 2. The van der Waals surface area contributed by atoms with Crippen LogP contribution in [-0.2, 0) is 21.2 Å². The van der Waals surface area contributed by atoms with Crippen LogP contribution >= 0.6 is 12.4 Å². The summed E-state index contributed by atoms with van der Waals surface area (Å²) in [4.78, 5) is 14.9. The summed E-state index contributed by atoms with van der Waals surface area (Å²) < 4.78 is 27.0. The van der Waals surface area contributed by atoms with Crippen molar-refractivity contribution in [1.29, 1.82) is 0 Å². The van der Waals surface area contributed by atoms with Crippen LogP contribution < -0.4 is 15.4 Å². The van der Waals surface area contributed by atoms with Gasteiger partial charge < -0.3 is 10.6 Å². The van der Waals surface area contributed by atoms with Crippen molar-refractivity contribution < 1.29 is 13.2 Å². The molecule has 1 aromatic carbocycles. The van der Waals surface area contributed by atoms with E-state index >= 15 is 0 Å². The second-order valence-corrected chi connectivity index (χ2v) is 8.48. The van der Waals surface area contributed by atoms with Crippen molar-refractivity contribution in [1.82, 2.24) is 4.72 Å². The van der Waals surface area contributed by atoms with Crippen molar-refractivity contribution in [2.45, 2.75) is 55.9 Å². The lowest BCUT2D eigenvalue weighted by Gasteiger charge is -2.35. The minimum Gasteiger partial charge on any atom is -0.317 e. The first-order chi connectivity index (χ1) is 11.4. The van der Waals surface area contributed by atoms with Gasteiger partial charge in [-0.3, -0.25) is 4.79 Å². The van der Waals surface area contributed by atoms with E-state index in [2.05, 4.69) is 4.72 Å². The molecule has 3 rings (SSSR count). The summed E-state index contributed by atoms with van der Waals surface area (Å²) in [5.74, 6) is -0.0704. The molecule has 0 saturated heterocycles. The molecular weight excluding hydrogens is 362 g/mol. The summed E-state index contributed by atoms with van der Waals surface area (Å²) in [6, 6.07) is 5.00. The highest BCUT2D eigenvalue weighted by Gasteiger charge is 2.40. The zero-order valence-electron chi connectivity index (χ0n) is 14.5. The third-order valence-electron chi connectivity index (χ3n) is 5.01. The Labute approximate surface area is 155 Å². The fraction of sp³-hybridized carbons (Fsp3) is 0.588. The highest BCUT2D eigenvalue weighted by Crippen LogP contribution is 2.35. The van der Waals surface area contributed by atoms with Crippen molar-refractivity contribution >= 4 is 34.0 Å². The van der Waals surface area contributed by atoms with E-state index in [0.29, 0.717) is 31.6 Å². The molecule has 3 N–H and O–H groups in total. The quantitative estimate of drug-likeness (QED) is 0.825. The van der Waals surface area contributed by atoms with Crippen LogP contribution in [0.15, 0.2) is 23.1 Å². The first-order valence-corrected chi connectivity index (χ1v) is 10.1. The Morgan fingerprint density at radius 2 is 1.96 bits per heavy atom. The van der Waals surface area contributed by atoms with Crippen molar-refractivity contribution in [3.8, 4) is 0 Å². The Morgan fingerprint density at radius 3 is 2.60 bits per heavy atom. The first kappa shape index (κ1) is 20.2. The number of rotatable bonds is 4. The molecule has 1 saturated carbocycles. The predicted octanol–water partition coefficient (Wildman–Crippen LogP) is 1.96. The number of nitrogens with two attached hydrogens (primary N) is 1. The average Bonchev–Trinajstić information content (AvgIpc) is 2.97. The van der Waals surface area contributed by atoms with Crippen LogP contribution in [0.4, 0.5) is 5.69 Å². The molecule has 0 spiro atoms. The van der Waals surface area contributed by atoms with Gasteiger partial charge in [-0.15, -0.1) is 12.4 Å². The summed E-state index contributed by atoms with van der Waals surface area (Å²) in [6.07, 6.45) is 5.20. The van der Waals surface area contributed by atoms with Crippen LogP contribution in [0.25, 0.3) is 0 Å². The fourth-order valence-corrected chi connectivity index (χ4v) is 4.74. The second-order valence-electron chi connectivity index (χ2n) is 6.72. The van der Waals surface area contributed by atoms with Crippen molar-refractivity contribution in [3.05, 3.63) is 23.8 Å². The standard InChI is InChI=1S/C17H25N3O3S.ClH/c1-2-19-24(22,23)14-7-6-13-8-11-20(15(13)12-14)16(21)17(18)9-4-3-5-10-17;/h6-7,12,19H,2-5,8-11,18H2,1H3;1H. The molecule has 0 radical (unpaired) electrons. The Kier molecular flexibility index (Phi) is 6.14. The maximum atomic E-state index is 13.0. The Balaban J connectivity index is 0.00000225. The number of carbonyl (C=O) groups is 1.